The average Bonchev–Trinajstić information content (AvgIpc) is 3.09. The fraction of sp³-hybridized carbons (Fsp3) is 0.185. The van der Waals surface area contributed by atoms with E-state index < -0.39 is 35.8 Å². The van der Waals surface area contributed by atoms with Crippen molar-refractivity contribution in [1.82, 2.24) is 4.90 Å². The molecule has 172 valence electrons. The van der Waals surface area contributed by atoms with Gasteiger partial charge < -0.3 is 10.1 Å². The van der Waals surface area contributed by atoms with Gasteiger partial charge in [-0.05, 0) is 50.1 Å². The lowest BCUT2D eigenvalue weighted by Gasteiger charge is -2.24. The van der Waals surface area contributed by atoms with Crippen LogP contribution in [0.15, 0.2) is 72.8 Å². The van der Waals surface area contributed by atoms with E-state index in [1.807, 2.05) is 32.0 Å². The fourth-order valence-electron chi connectivity index (χ4n) is 3.85. The number of anilines is 1. The highest BCUT2D eigenvalue weighted by atomic mass is 16.5. The topological polar surface area (TPSA) is 92.8 Å². The average molecular weight is 456 g/mol. The normalized spacial score (nSPS) is 14.4. The van der Waals surface area contributed by atoms with E-state index in [2.05, 4.69) is 5.32 Å². The Hall–Kier alpha value is -4.26. The van der Waals surface area contributed by atoms with Gasteiger partial charge in [0.1, 0.15) is 6.04 Å². The summed E-state index contributed by atoms with van der Waals surface area (Å²) in [5.41, 5.74) is 3.37. The van der Waals surface area contributed by atoms with Crippen molar-refractivity contribution in [2.24, 2.45) is 0 Å². The molecule has 0 bridgehead atoms. The standard InChI is InChI=1S/C27H24N2O5/c1-16-13-14-17(2)22(15-16)28-24(30)23(19-9-5-4-6-10-19)34-27(33)18(3)29-25(31)20-11-7-8-12-21(20)26(29)32/h4-15,18,23H,1-3H3,(H,28,30)/t18-,23+/m0/s1. The van der Waals surface area contributed by atoms with Gasteiger partial charge in [-0.25, -0.2) is 4.79 Å². The van der Waals surface area contributed by atoms with E-state index in [9.17, 15) is 19.2 Å². The summed E-state index contributed by atoms with van der Waals surface area (Å²) >= 11 is 0. The molecule has 0 saturated heterocycles. The largest absolute Gasteiger partial charge is 0.446 e. The highest BCUT2D eigenvalue weighted by Gasteiger charge is 2.42. The number of rotatable bonds is 6. The zero-order valence-corrected chi connectivity index (χ0v) is 19.1. The zero-order chi connectivity index (χ0) is 24.4. The molecule has 7 heteroatoms. The molecule has 0 radical (unpaired) electrons. The zero-order valence-electron chi connectivity index (χ0n) is 19.1. The second-order valence-electron chi connectivity index (χ2n) is 8.24. The van der Waals surface area contributed by atoms with Crippen LogP contribution in [0.3, 0.4) is 0 Å². The summed E-state index contributed by atoms with van der Waals surface area (Å²) in [6.45, 7) is 5.19. The van der Waals surface area contributed by atoms with E-state index in [-0.39, 0.29) is 11.1 Å². The molecule has 3 amide bonds. The lowest BCUT2D eigenvalue weighted by atomic mass is 10.1. The van der Waals surface area contributed by atoms with Gasteiger partial charge in [0, 0.05) is 11.3 Å². The van der Waals surface area contributed by atoms with Gasteiger partial charge in [-0.3, -0.25) is 19.3 Å². The van der Waals surface area contributed by atoms with Crippen LogP contribution < -0.4 is 5.32 Å². The van der Waals surface area contributed by atoms with Crippen LogP contribution in [-0.2, 0) is 14.3 Å². The molecule has 34 heavy (non-hydrogen) atoms. The fourth-order valence-corrected chi connectivity index (χ4v) is 3.85. The van der Waals surface area contributed by atoms with Crippen LogP contribution in [0.4, 0.5) is 5.69 Å². The van der Waals surface area contributed by atoms with Crippen LogP contribution in [-0.4, -0.2) is 34.6 Å². The summed E-state index contributed by atoms with van der Waals surface area (Å²) in [6.07, 6.45) is -1.27. The van der Waals surface area contributed by atoms with Gasteiger partial charge >= 0.3 is 5.97 Å². The number of imide groups is 1. The van der Waals surface area contributed by atoms with Crippen LogP contribution >= 0.6 is 0 Å². The van der Waals surface area contributed by atoms with Gasteiger partial charge in [0.05, 0.1) is 11.1 Å². The molecule has 0 aliphatic carbocycles. The summed E-state index contributed by atoms with van der Waals surface area (Å²) in [4.78, 5) is 52.7. The number of aryl methyl sites for hydroxylation is 2. The van der Waals surface area contributed by atoms with Crippen molar-refractivity contribution in [3.8, 4) is 0 Å². The number of nitrogens with zero attached hydrogens (tertiary/aromatic N) is 1. The number of fused-ring (bicyclic) bond motifs is 1. The van der Waals surface area contributed by atoms with Crippen LogP contribution in [0.5, 0.6) is 0 Å². The van der Waals surface area contributed by atoms with Gasteiger partial charge in [-0.2, -0.15) is 0 Å². The first-order valence-corrected chi connectivity index (χ1v) is 10.9. The molecule has 1 aliphatic heterocycles. The summed E-state index contributed by atoms with van der Waals surface area (Å²) in [5.74, 6) is -2.54. The molecule has 0 saturated carbocycles. The molecule has 1 aliphatic rings. The second kappa shape index (κ2) is 9.31. The third-order valence-electron chi connectivity index (χ3n) is 5.78. The van der Waals surface area contributed by atoms with Crippen molar-refractivity contribution in [3.63, 3.8) is 0 Å². The SMILES string of the molecule is Cc1ccc(C)c(NC(=O)[C@H](OC(=O)[C@H](C)N2C(=O)c3ccccc3C2=O)c2ccccc2)c1. The monoisotopic (exact) mass is 456 g/mol. The number of carbonyl (C=O) groups is 4. The molecular weight excluding hydrogens is 432 g/mol. The first kappa shape index (κ1) is 22.9. The summed E-state index contributed by atoms with van der Waals surface area (Å²) in [5, 5.41) is 2.83. The van der Waals surface area contributed by atoms with E-state index in [4.69, 9.17) is 4.74 Å². The van der Waals surface area contributed by atoms with Gasteiger partial charge in [0.25, 0.3) is 17.7 Å². The Labute approximate surface area is 197 Å². The minimum Gasteiger partial charge on any atom is -0.446 e. The van der Waals surface area contributed by atoms with E-state index in [0.717, 1.165) is 16.0 Å². The number of amides is 3. The minimum atomic E-state index is -1.27. The number of carbonyl (C=O) groups excluding carboxylic acids is 4. The maximum absolute atomic E-state index is 13.2. The highest BCUT2D eigenvalue weighted by molar-refractivity contribution is 6.22. The Morgan fingerprint density at radius 2 is 1.44 bits per heavy atom. The number of ether oxygens (including phenoxy) is 1. The lowest BCUT2D eigenvalue weighted by Crippen LogP contribution is -2.44. The van der Waals surface area contributed by atoms with Crippen molar-refractivity contribution in [3.05, 3.63) is 101 Å². The minimum absolute atomic E-state index is 0.236. The predicted octanol–water partition coefficient (Wildman–Crippen LogP) is 4.21. The van der Waals surface area contributed by atoms with Gasteiger partial charge in [-0.15, -0.1) is 0 Å². The Morgan fingerprint density at radius 1 is 0.853 bits per heavy atom. The molecule has 1 N–H and O–H groups in total. The highest BCUT2D eigenvalue weighted by Crippen LogP contribution is 2.27. The summed E-state index contributed by atoms with van der Waals surface area (Å²) in [6, 6.07) is 19.4. The molecule has 0 unspecified atom stereocenters. The van der Waals surface area contributed by atoms with Crippen LogP contribution in [0.25, 0.3) is 0 Å². The third kappa shape index (κ3) is 4.32. The van der Waals surface area contributed by atoms with Gasteiger partial charge in [-0.1, -0.05) is 54.6 Å². The second-order valence-corrected chi connectivity index (χ2v) is 8.24. The van der Waals surface area contributed by atoms with Gasteiger partial charge in [0.2, 0.25) is 6.10 Å². The number of benzene rings is 3. The molecule has 4 rings (SSSR count). The molecule has 3 aromatic rings. The van der Waals surface area contributed by atoms with Crippen molar-refractivity contribution in [1.29, 1.82) is 0 Å². The van der Waals surface area contributed by atoms with Crippen LogP contribution in [0.1, 0.15) is 50.4 Å². The Kier molecular flexibility index (Phi) is 6.27. The van der Waals surface area contributed by atoms with Gasteiger partial charge in [0.15, 0.2) is 0 Å². The maximum atomic E-state index is 13.2. The third-order valence-corrected chi connectivity index (χ3v) is 5.78. The van der Waals surface area contributed by atoms with Crippen molar-refractivity contribution < 1.29 is 23.9 Å². The first-order valence-electron chi connectivity index (χ1n) is 10.9. The maximum Gasteiger partial charge on any atom is 0.330 e. The molecule has 1 heterocycles. The Morgan fingerprint density at radius 3 is 2.06 bits per heavy atom. The van der Waals surface area contributed by atoms with E-state index >= 15 is 0 Å². The molecule has 0 aromatic heterocycles. The van der Waals surface area contributed by atoms with Crippen LogP contribution in [0.2, 0.25) is 0 Å². The van der Waals surface area contributed by atoms with E-state index in [0.29, 0.717) is 11.3 Å². The van der Waals surface area contributed by atoms with E-state index in [1.54, 1.807) is 42.5 Å². The van der Waals surface area contributed by atoms with Crippen LogP contribution in [0, 0.1) is 13.8 Å². The summed E-state index contributed by atoms with van der Waals surface area (Å²) < 4.78 is 5.61. The van der Waals surface area contributed by atoms with E-state index in [1.165, 1.54) is 19.1 Å². The van der Waals surface area contributed by atoms with Crippen molar-refractivity contribution >= 4 is 29.4 Å². The van der Waals surface area contributed by atoms with Crippen molar-refractivity contribution in [2.75, 3.05) is 5.32 Å². The smallest absolute Gasteiger partial charge is 0.330 e. The summed E-state index contributed by atoms with van der Waals surface area (Å²) in [7, 11) is 0. The molecule has 0 fully saturated rings. The molecular formula is C27H24N2O5. The molecule has 7 nitrogen and oxygen atoms in total. The number of hydrogen-bond acceptors (Lipinski definition) is 5. The Bertz CT molecular complexity index is 1250. The lowest BCUT2D eigenvalue weighted by molar-refractivity contribution is -0.158. The number of nitrogens with one attached hydrogen (secondary N) is 1. The molecule has 2 atom stereocenters. The predicted molar refractivity (Wildman–Crippen MR) is 126 cm³/mol. The molecule has 0 spiro atoms. The van der Waals surface area contributed by atoms with Crippen molar-refractivity contribution in [2.45, 2.75) is 32.9 Å². The quantitative estimate of drug-likeness (QED) is 0.443. The first-order chi connectivity index (χ1) is 16.3. The number of esters is 1. The Balaban J connectivity index is 1.58. The number of hydrogen-bond donors (Lipinski definition) is 1. The molecule has 3 aromatic carbocycles.